The molecule has 1 aromatic heterocycles. The maximum Gasteiger partial charge on any atom is 0.341 e. The van der Waals surface area contributed by atoms with E-state index in [1.807, 2.05) is 25.1 Å². The summed E-state index contributed by atoms with van der Waals surface area (Å²) in [7, 11) is 0. The lowest BCUT2D eigenvalue weighted by Crippen LogP contribution is -2.09. The first kappa shape index (κ1) is 9.51. The highest BCUT2D eigenvalue weighted by Gasteiger charge is 2.08. The van der Waals surface area contributed by atoms with Gasteiger partial charge in [0.2, 0.25) is 5.88 Å². The molecule has 5 heteroatoms. The van der Waals surface area contributed by atoms with Gasteiger partial charge >= 0.3 is 5.97 Å². The second-order valence-corrected chi connectivity index (χ2v) is 3.26. The lowest BCUT2D eigenvalue weighted by Gasteiger charge is -1.98. The molecule has 0 aliphatic rings. The number of aromatic nitrogens is 2. The minimum atomic E-state index is -1.01. The fourth-order valence-electron chi connectivity index (χ4n) is 1.34. The van der Waals surface area contributed by atoms with Crippen LogP contribution in [0.5, 0.6) is 5.88 Å². The second-order valence-electron chi connectivity index (χ2n) is 3.26. The molecule has 0 aliphatic carbocycles. The first-order valence-corrected chi connectivity index (χ1v) is 4.46. The number of aromatic amines is 1. The number of nitrogens with one attached hydrogen (secondary N) is 1. The quantitative estimate of drug-likeness (QED) is 0.794. The third-order valence-electron chi connectivity index (χ3n) is 2.02. The molecule has 0 saturated carbocycles. The van der Waals surface area contributed by atoms with Gasteiger partial charge in [0.25, 0.3) is 0 Å². The zero-order valence-electron chi connectivity index (χ0n) is 8.15. The number of benzene rings is 1. The van der Waals surface area contributed by atoms with Crippen molar-refractivity contribution in [3.05, 3.63) is 23.8 Å². The molecule has 0 radical (unpaired) electrons. The summed E-state index contributed by atoms with van der Waals surface area (Å²) in [5, 5.41) is 15.9. The number of carboxylic acids is 1. The molecule has 0 aliphatic heterocycles. The summed E-state index contributed by atoms with van der Waals surface area (Å²) < 4.78 is 5.03. The van der Waals surface area contributed by atoms with Gasteiger partial charge in [-0.15, -0.1) is 5.10 Å². The van der Waals surface area contributed by atoms with Crippen LogP contribution in [0.2, 0.25) is 0 Å². The average molecular weight is 206 g/mol. The van der Waals surface area contributed by atoms with Crippen molar-refractivity contribution in [1.82, 2.24) is 10.2 Å². The maximum absolute atomic E-state index is 10.3. The fourth-order valence-corrected chi connectivity index (χ4v) is 1.34. The molecule has 0 unspecified atom stereocenters. The average Bonchev–Trinajstić information content (AvgIpc) is 2.57. The molecule has 2 N–H and O–H groups in total. The van der Waals surface area contributed by atoms with Gasteiger partial charge in [0.05, 0.1) is 10.9 Å². The van der Waals surface area contributed by atoms with Crippen LogP contribution in [-0.2, 0) is 4.79 Å². The Kier molecular flexibility index (Phi) is 2.29. The third-order valence-corrected chi connectivity index (χ3v) is 2.02. The Morgan fingerprint density at radius 2 is 2.40 bits per heavy atom. The van der Waals surface area contributed by atoms with Crippen LogP contribution in [0.3, 0.4) is 0 Å². The molecule has 5 nitrogen and oxygen atoms in total. The Balaban J connectivity index is 2.35. The molecular weight excluding hydrogens is 196 g/mol. The number of rotatable bonds is 3. The summed E-state index contributed by atoms with van der Waals surface area (Å²) in [4.78, 5) is 10.3. The number of fused-ring (bicyclic) bond motifs is 1. The van der Waals surface area contributed by atoms with Crippen molar-refractivity contribution in [3.63, 3.8) is 0 Å². The van der Waals surface area contributed by atoms with E-state index < -0.39 is 5.97 Å². The summed E-state index contributed by atoms with van der Waals surface area (Å²) in [5.41, 5.74) is 1.91. The number of nitrogens with zero attached hydrogens (tertiary/aromatic N) is 1. The van der Waals surface area contributed by atoms with Crippen LogP contribution in [0.25, 0.3) is 10.9 Å². The first-order chi connectivity index (χ1) is 7.16. The van der Waals surface area contributed by atoms with Gasteiger partial charge in [0.1, 0.15) is 0 Å². The van der Waals surface area contributed by atoms with Crippen LogP contribution in [-0.4, -0.2) is 27.9 Å². The van der Waals surface area contributed by atoms with Gasteiger partial charge in [0.15, 0.2) is 6.61 Å². The molecule has 15 heavy (non-hydrogen) atoms. The van der Waals surface area contributed by atoms with Crippen molar-refractivity contribution in [1.29, 1.82) is 0 Å². The van der Waals surface area contributed by atoms with E-state index in [1.165, 1.54) is 0 Å². The smallest absolute Gasteiger partial charge is 0.341 e. The molecular formula is C10H10N2O3. The van der Waals surface area contributed by atoms with Crippen molar-refractivity contribution in [2.24, 2.45) is 0 Å². The van der Waals surface area contributed by atoms with E-state index in [0.717, 1.165) is 16.5 Å². The zero-order valence-corrected chi connectivity index (χ0v) is 8.15. The van der Waals surface area contributed by atoms with Crippen LogP contribution in [0.15, 0.2) is 18.2 Å². The van der Waals surface area contributed by atoms with Gasteiger partial charge in [0, 0.05) is 0 Å². The minimum absolute atomic E-state index is 0.330. The number of hydrogen-bond acceptors (Lipinski definition) is 3. The van der Waals surface area contributed by atoms with Gasteiger partial charge in [-0.2, -0.15) is 0 Å². The summed E-state index contributed by atoms with van der Waals surface area (Å²) in [6.45, 7) is 1.57. The normalized spacial score (nSPS) is 10.5. The highest BCUT2D eigenvalue weighted by atomic mass is 16.5. The van der Waals surface area contributed by atoms with E-state index in [2.05, 4.69) is 10.2 Å². The SMILES string of the molecule is Cc1ccc2[nH]nc(OCC(=O)O)c2c1. The topological polar surface area (TPSA) is 75.2 Å². The third kappa shape index (κ3) is 1.90. The lowest BCUT2D eigenvalue weighted by molar-refractivity contribution is -0.139. The number of H-pyrrole nitrogens is 1. The van der Waals surface area contributed by atoms with Gasteiger partial charge < -0.3 is 9.84 Å². The van der Waals surface area contributed by atoms with Crippen molar-refractivity contribution >= 4 is 16.9 Å². The van der Waals surface area contributed by atoms with Crippen molar-refractivity contribution in [2.75, 3.05) is 6.61 Å². The molecule has 0 amide bonds. The molecule has 2 rings (SSSR count). The molecule has 1 aromatic carbocycles. The highest BCUT2D eigenvalue weighted by Crippen LogP contribution is 2.23. The molecule has 2 aromatic rings. The molecule has 0 saturated heterocycles. The molecule has 0 fully saturated rings. The number of aryl methyl sites for hydroxylation is 1. The molecule has 0 bridgehead atoms. The number of hydrogen-bond donors (Lipinski definition) is 2. The van der Waals surface area contributed by atoms with Gasteiger partial charge in [-0.1, -0.05) is 11.6 Å². The lowest BCUT2D eigenvalue weighted by atomic mass is 10.2. The Labute approximate surface area is 85.7 Å². The monoisotopic (exact) mass is 206 g/mol. The van der Waals surface area contributed by atoms with E-state index >= 15 is 0 Å². The molecule has 0 atom stereocenters. The summed E-state index contributed by atoms with van der Waals surface area (Å²) in [5.74, 6) is -0.685. The number of aliphatic carboxylic acids is 1. The van der Waals surface area contributed by atoms with Crippen LogP contribution in [0.4, 0.5) is 0 Å². The van der Waals surface area contributed by atoms with E-state index in [9.17, 15) is 4.79 Å². The summed E-state index contributed by atoms with van der Waals surface area (Å²) >= 11 is 0. The largest absolute Gasteiger partial charge is 0.479 e. The number of carbonyl (C=O) groups is 1. The standard InChI is InChI=1S/C10H10N2O3/c1-6-2-3-8-7(4-6)10(12-11-8)15-5-9(13)14/h2-4H,5H2,1H3,(H,11,12)(H,13,14). The van der Waals surface area contributed by atoms with E-state index in [1.54, 1.807) is 0 Å². The summed E-state index contributed by atoms with van der Waals surface area (Å²) in [6, 6.07) is 5.72. The molecule has 1 heterocycles. The summed E-state index contributed by atoms with van der Waals surface area (Å²) in [6.07, 6.45) is 0. The van der Waals surface area contributed by atoms with Crippen LogP contribution in [0.1, 0.15) is 5.56 Å². The Morgan fingerprint density at radius 1 is 1.60 bits per heavy atom. The Bertz CT molecular complexity index is 504. The Hall–Kier alpha value is -2.04. The Morgan fingerprint density at radius 3 is 3.13 bits per heavy atom. The predicted octanol–water partition coefficient (Wildman–Crippen LogP) is 1.33. The molecule has 0 spiro atoms. The fraction of sp³-hybridized carbons (Fsp3) is 0.200. The first-order valence-electron chi connectivity index (χ1n) is 4.46. The van der Waals surface area contributed by atoms with E-state index in [-0.39, 0.29) is 6.61 Å². The predicted molar refractivity (Wildman–Crippen MR) is 54.0 cm³/mol. The van der Waals surface area contributed by atoms with Crippen molar-refractivity contribution in [2.45, 2.75) is 6.92 Å². The number of carboxylic acid groups (broad SMARTS) is 1. The van der Waals surface area contributed by atoms with Crippen molar-refractivity contribution < 1.29 is 14.6 Å². The van der Waals surface area contributed by atoms with Crippen LogP contribution < -0.4 is 4.74 Å². The van der Waals surface area contributed by atoms with Gasteiger partial charge in [-0.3, -0.25) is 5.10 Å². The molecule has 78 valence electrons. The van der Waals surface area contributed by atoms with Crippen LogP contribution in [0, 0.1) is 6.92 Å². The second kappa shape index (κ2) is 3.61. The number of ether oxygens (including phenoxy) is 1. The highest BCUT2D eigenvalue weighted by molar-refractivity contribution is 5.84. The van der Waals surface area contributed by atoms with E-state index in [4.69, 9.17) is 9.84 Å². The minimum Gasteiger partial charge on any atom is -0.479 e. The van der Waals surface area contributed by atoms with Gasteiger partial charge in [-0.25, -0.2) is 4.79 Å². The van der Waals surface area contributed by atoms with Gasteiger partial charge in [-0.05, 0) is 19.1 Å². The van der Waals surface area contributed by atoms with Crippen LogP contribution >= 0.6 is 0 Å². The van der Waals surface area contributed by atoms with Crippen molar-refractivity contribution in [3.8, 4) is 5.88 Å². The zero-order chi connectivity index (χ0) is 10.8. The maximum atomic E-state index is 10.3. The van der Waals surface area contributed by atoms with E-state index in [0.29, 0.717) is 5.88 Å².